The van der Waals surface area contributed by atoms with Crippen molar-refractivity contribution in [3.63, 3.8) is 0 Å². The SMILES string of the molecule is CCN(CCNC(=O)COC(=O)c1ccc(N2CCCC2=O)cc1)c1cccc(C)c1. The summed E-state index contributed by atoms with van der Waals surface area (Å²) in [5.41, 5.74) is 3.42. The minimum Gasteiger partial charge on any atom is -0.452 e. The molecule has 0 aliphatic carbocycles. The van der Waals surface area contributed by atoms with E-state index >= 15 is 0 Å². The lowest BCUT2D eigenvalue weighted by molar-refractivity contribution is -0.124. The van der Waals surface area contributed by atoms with Crippen LogP contribution in [-0.2, 0) is 14.3 Å². The minimum absolute atomic E-state index is 0.0936. The fraction of sp³-hybridized carbons (Fsp3) is 0.375. The maximum atomic E-state index is 12.2. The van der Waals surface area contributed by atoms with Gasteiger partial charge in [-0.25, -0.2) is 4.79 Å². The predicted molar refractivity (Wildman–Crippen MR) is 120 cm³/mol. The number of carbonyl (C=O) groups is 3. The first kappa shape index (κ1) is 22.3. The van der Waals surface area contributed by atoms with Gasteiger partial charge in [0.15, 0.2) is 6.61 Å². The molecule has 1 N–H and O–H groups in total. The quantitative estimate of drug-likeness (QED) is 0.628. The monoisotopic (exact) mass is 423 g/mol. The maximum absolute atomic E-state index is 12.2. The van der Waals surface area contributed by atoms with Crippen molar-refractivity contribution in [3.8, 4) is 0 Å². The van der Waals surface area contributed by atoms with Crippen molar-refractivity contribution in [1.29, 1.82) is 0 Å². The van der Waals surface area contributed by atoms with E-state index in [9.17, 15) is 14.4 Å². The van der Waals surface area contributed by atoms with Crippen molar-refractivity contribution in [1.82, 2.24) is 5.32 Å². The number of carbonyl (C=O) groups excluding carboxylic acids is 3. The average molecular weight is 424 g/mol. The van der Waals surface area contributed by atoms with E-state index in [2.05, 4.69) is 23.2 Å². The van der Waals surface area contributed by atoms with Gasteiger partial charge in [0.25, 0.3) is 5.91 Å². The molecule has 2 amide bonds. The van der Waals surface area contributed by atoms with E-state index in [1.165, 1.54) is 5.56 Å². The van der Waals surface area contributed by atoms with Gasteiger partial charge < -0.3 is 19.9 Å². The Morgan fingerprint density at radius 3 is 2.58 bits per heavy atom. The van der Waals surface area contributed by atoms with Crippen LogP contribution in [0.1, 0.15) is 35.7 Å². The minimum atomic E-state index is -0.565. The molecule has 3 rings (SSSR count). The average Bonchev–Trinajstić information content (AvgIpc) is 3.21. The van der Waals surface area contributed by atoms with Crippen LogP contribution in [0.2, 0.25) is 0 Å². The highest BCUT2D eigenvalue weighted by molar-refractivity contribution is 5.96. The van der Waals surface area contributed by atoms with Crippen molar-refractivity contribution >= 4 is 29.2 Å². The summed E-state index contributed by atoms with van der Waals surface area (Å²) >= 11 is 0. The van der Waals surface area contributed by atoms with E-state index < -0.39 is 5.97 Å². The highest BCUT2D eigenvalue weighted by atomic mass is 16.5. The molecule has 1 saturated heterocycles. The Balaban J connectivity index is 1.41. The molecule has 0 unspecified atom stereocenters. The molecule has 0 bridgehead atoms. The molecule has 0 aromatic heterocycles. The molecule has 2 aromatic rings. The molecular weight excluding hydrogens is 394 g/mol. The largest absolute Gasteiger partial charge is 0.452 e. The Bertz CT molecular complexity index is 927. The zero-order valence-electron chi connectivity index (χ0n) is 18.1. The second-order valence-corrected chi connectivity index (χ2v) is 7.54. The Morgan fingerprint density at radius 1 is 1.16 bits per heavy atom. The van der Waals surface area contributed by atoms with E-state index in [4.69, 9.17) is 4.74 Å². The summed E-state index contributed by atoms with van der Waals surface area (Å²) in [6, 6.07) is 14.9. The summed E-state index contributed by atoms with van der Waals surface area (Å²) in [5.74, 6) is -0.812. The zero-order valence-corrected chi connectivity index (χ0v) is 18.1. The van der Waals surface area contributed by atoms with Crippen molar-refractivity contribution in [2.75, 3.05) is 42.6 Å². The Morgan fingerprint density at radius 2 is 1.94 bits per heavy atom. The number of rotatable bonds is 9. The summed E-state index contributed by atoms with van der Waals surface area (Å²) in [5, 5.41) is 2.79. The highest BCUT2D eigenvalue weighted by Gasteiger charge is 2.21. The summed E-state index contributed by atoms with van der Waals surface area (Å²) in [4.78, 5) is 39.9. The van der Waals surface area contributed by atoms with E-state index in [0.29, 0.717) is 31.6 Å². The fourth-order valence-corrected chi connectivity index (χ4v) is 3.59. The van der Waals surface area contributed by atoms with Crippen LogP contribution >= 0.6 is 0 Å². The molecule has 0 atom stereocenters. The van der Waals surface area contributed by atoms with Gasteiger partial charge in [-0.1, -0.05) is 12.1 Å². The Labute approximate surface area is 183 Å². The molecular formula is C24H29N3O4. The van der Waals surface area contributed by atoms with Gasteiger partial charge in [0.1, 0.15) is 0 Å². The first-order valence-electron chi connectivity index (χ1n) is 10.6. The second-order valence-electron chi connectivity index (χ2n) is 7.54. The highest BCUT2D eigenvalue weighted by Crippen LogP contribution is 2.21. The standard InChI is InChI=1S/C24H29N3O4/c1-3-26(21-7-4-6-18(2)16-21)15-13-25-22(28)17-31-24(30)19-9-11-20(12-10-19)27-14-5-8-23(27)29/h4,6-7,9-12,16H,3,5,8,13-15,17H2,1-2H3,(H,25,28). The van der Waals surface area contributed by atoms with Gasteiger partial charge >= 0.3 is 5.97 Å². The first-order valence-corrected chi connectivity index (χ1v) is 10.6. The molecule has 1 aliphatic heterocycles. The number of nitrogens with one attached hydrogen (secondary N) is 1. The second kappa shape index (κ2) is 10.6. The maximum Gasteiger partial charge on any atom is 0.338 e. The third-order valence-corrected chi connectivity index (χ3v) is 5.27. The molecule has 1 fully saturated rings. The van der Waals surface area contributed by atoms with Gasteiger partial charge in [-0.15, -0.1) is 0 Å². The Kier molecular flexibility index (Phi) is 7.65. The van der Waals surface area contributed by atoms with Gasteiger partial charge in [0, 0.05) is 44.0 Å². The summed E-state index contributed by atoms with van der Waals surface area (Å²) in [6.07, 6.45) is 1.40. The van der Waals surface area contributed by atoms with Crippen LogP contribution in [0, 0.1) is 6.92 Å². The lowest BCUT2D eigenvalue weighted by atomic mass is 10.2. The molecule has 1 heterocycles. The number of likely N-dealkylation sites (N-methyl/N-ethyl adjacent to an activating group) is 1. The molecule has 7 heteroatoms. The molecule has 0 radical (unpaired) electrons. The third-order valence-electron chi connectivity index (χ3n) is 5.27. The van der Waals surface area contributed by atoms with Crippen molar-refractivity contribution in [2.45, 2.75) is 26.7 Å². The molecule has 0 saturated carbocycles. The molecule has 0 spiro atoms. The third kappa shape index (κ3) is 6.07. The van der Waals surface area contributed by atoms with Crippen molar-refractivity contribution in [2.24, 2.45) is 0 Å². The van der Waals surface area contributed by atoms with Gasteiger partial charge in [0.2, 0.25) is 5.91 Å². The topological polar surface area (TPSA) is 79.0 Å². The van der Waals surface area contributed by atoms with Crippen LogP contribution in [0.25, 0.3) is 0 Å². The number of amides is 2. The van der Waals surface area contributed by atoms with Crippen LogP contribution in [0.3, 0.4) is 0 Å². The molecule has 7 nitrogen and oxygen atoms in total. The molecule has 2 aromatic carbocycles. The van der Waals surface area contributed by atoms with Crippen molar-refractivity contribution in [3.05, 3.63) is 59.7 Å². The zero-order chi connectivity index (χ0) is 22.2. The lowest BCUT2D eigenvalue weighted by Gasteiger charge is -2.23. The van der Waals surface area contributed by atoms with Crippen LogP contribution < -0.4 is 15.1 Å². The Hall–Kier alpha value is -3.35. The fourth-order valence-electron chi connectivity index (χ4n) is 3.59. The van der Waals surface area contributed by atoms with Crippen LogP contribution in [-0.4, -0.2) is 50.6 Å². The summed E-state index contributed by atoms with van der Waals surface area (Å²) in [7, 11) is 0. The van der Waals surface area contributed by atoms with E-state index in [0.717, 1.165) is 24.3 Å². The number of ether oxygens (including phenoxy) is 1. The number of hydrogen-bond acceptors (Lipinski definition) is 5. The summed E-state index contributed by atoms with van der Waals surface area (Å²) < 4.78 is 5.12. The van der Waals surface area contributed by atoms with Gasteiger partial charge in [-0.2, -0.15) is 0 Å². The normalized spacial score (nSPS) is 13.2. The van der Waals surface area contributed by atoms with E-state index in [1.54, 1.807) is 29.2 Å². The number of esters is 1. The van der Waals surface area contributed by atoms with E-state index in [-0.39, 0.29) is 18.4 Å². The van der Waals surface area contributed by atoms with E-state index in [1.807, 2.05) is 25.1 Å². The number of hydrogen-bond donors (Lipinski definition) is 1. The smallest absolute Gasteiger partial charge is 0.338 e. The van der Waals surface area contributed by atoms with Crippen LogP contribution in [0.15, 0.2) is 48.5 Å². The number of anilines is 2. The lowest BCUT2D eigenvalue weighted by Crippen LogP contribution is -2.36. The summed E-state index contributed by atoms with van der Waals surface area (Å²) in [6.45, 7) is 6.42. The van der Waals surface area contributed by atoms with Crippen LogP contribution in [0.4, 0.5) is 11.4 Å². The number of benzene rings is 2. The number of aryl methyl sites for hydroxylation is 1. The molecule has 1 aliphatic rings. The molecule has 164 valence electrons. The first-order chi connectivity index (χ1) is 15.0. The van der Waals surface area contributed by atoms with Gasteiger partial charge in [-0.05, 0) is 62.2 Å². The molecule has 31 heavy (non-hydrogen) atoms. The van der Waals surface area contributed by atoms with Crippen LogP contribution in [0.5, 0.6) is 0 Å². The van der Waals surface area contributed by atoms with Gasteiger partial charge in [0.05, 0.1) is 5.56 Å². The van der Waals surface area contributed by atoms with Crippen molar-refractivity contribution < 1.29 is 19.1 Å². The van der Waals surface area contributed by atoms with Gasteiger partial charge in [-0.3, -0.25) is 9.59 Å². The predicted octanol–water partition coefficient (Wildman–Crippen LogP) is 2.92. The number of nitrogens with zero attached hydrogens (tertiary/aromatic N) is 2.